The van der Waals surface area contributed by atoms with Crippen molar-refractivity contribution in [3.8, 4) is 0 Å². The fraction of sp³-hybridized carbons (Fsp3) is 0.476. The third kappa shape index (κ3) is 5.67. The average Bonchev–Trinajstić information content (AvgIpc) is 3.12. The zero-order valence-electron chi connectivity index (χ0n) is 18.4. The van der Waals surface area contributed by atoms with E-state index in [0.29, 0.717) is 17.8 Å². The minimum Gasteiger partial charge on any atom is -0.386 e. The van der Waals surface area contributed by atoms with Gasteiger partial charge in [-0.2, -0.15) is 0 Å². The highest BCUT2D eigenvalue weighted by Gasteiger charge is 2.22. The van der Waals surface area contributed by atoms with Crippen molar-refractivity contribution in [2.75, 3.05) is 5.32 Å². The summed E-state index contributed by atoms with van der Waals surface area (Å²) < 4.78 is 16.9. The van der Waals surface area contributed by atoms with Crippen molar-refractivity contribution in [2.24, 2.45) is 15.2 Å². The summed E-state index contributed by atoms with van der Waals surface area (Å²) in [5.74, 6) is 0.274. The van der Waals surface area contributed by atoms with E-state index < -0.39 is 21.5 Å². The topological polar surface area (TPSA) is 131 Å². The number of carbonyl (C=O) groups excluding carboxylic acids is 1. The summed E-state index contributed by atoms with van der Waals surface area (Å²) in [6.45, 7) is 11.8. The second-order valence-corrected chi connectivity index (χ2v) is 11.4. The number of hydrogen-bond acceptors (Lipinski definition) is 5. The van der Waals surface area contributed by atoms with Crippen LogP contribution < -0.4 is 16.2 Å². The lowest BCUT2D eigenvalue weighted by Gasteiger charge is -2.21. The highest BCUT2D eigenvalue weighted by atomic mass is 32.2. The van der Waals surface area contributed by atoms with Crippen LogP contribution in [0, 0.1) is 0 Å². The molecule has 30 heavy (non-hydrogen) atoms. The molecule has 0 aliphatic heterocycles. The number of aliphatic hydroxyl groups is 1. The second-order valence-electron chi connectivity index (χ2n) is 8.47. The van der Waals surface area contributed by atoms with Gasteiger partial charge in [0.15, 0.2) is 9.92 Å². The smallest absolute Gasteiger partial charge is 0.354 e. The molecule has 1 heterocycles. The van der Waals surface area contributed by atoms with E-state index in [1.807, 2.05) is 39.8 Å². The number of amides is 2. The minimum absolute atomic E-state index is 0.137. The number of carbonyl (C=O) groups is 1. The quantitative estimate of drug-likeness (QED) is 0.509. The van der Waals surface area contributed by atoms with Crippen molar-refractivity contribution in [1.82, 2.24) is 0 Å². The zero-order valence-corrected chi connectivity index (χ0v) is 20.0. The summed E-state index contributed by atoms with van der Waals surface area (Å²) >= 11 is 1.10. The van der Waals surface area contributed by atoms with E-state index in [4.69, 9.17) is 10.9 Å². The summed E-state index contributed by atoms with van der Waals surface area (Å²) in [6.07, 6.45) is 0. The third-order valence-corrected chi connectivity index (χ3v) is 7.62. The molecule has 0 saturated heterocycles. The van der Waals surface area contributed by atoms with E-state index in [0.717, 1.165) is 28.0 Å². The Hall–Kier alpha value is -1.78. The van der Waals surface area contributed by atoms with E-state index in [1.165, 1.54) is 6.07 Å². The molecule has 0 spiro atoms. The van der Waals surface area contributed by atoms with Gasteiger partial charge in [0.05, 0.1) is 5.60 Å². The predicted molar refractivity (Wildman–Crippen MR) is 124 cm³/mol. The fourth-order valence-electron chi connectivity index (χ4n) is 3.01. The van der Waals surface area contributed by atoms with Crippen molar-refractivity contribution < 1.29 is 14.1 Å². The molecule has 166 valence electrons. The molecule has 7 nitrogen and oxygen atoms in total. The molecular formula is C21H32N4O3S2. The standard InChI is InChI=1S/C21H32N4O3S2/c1-12(2)16-7-14(10-22)8-17(13(3)4)19(16)24-20(26)25-30(23,28)18-9-15(11-29-18)21(5,6)27/h7-9,11-13,27H,10,22H2,1-6H3,(H3,23,24,25,26,28). The Morgan fingerprint density at radius 3 is 2.13 bits per heavy atom. The Kier molecular flexibility index (Phi) is 7.47. The molecule has 0 fully saturated rings. The first-order valence-electron chi connectivity index (χ1n) is 9.80. The van der Waals surface area contributed by atoms with Crippen molar-refractivity contribution in [3.05, 3.63) is 45.8 Å². The van der Waals surface area contributed by atoms with Crippen LogP contribution in [-0.4, -0.2) is 15.3 Å². The Morgan fingerprint density at radius 2 is 1.73 bits per heavy atom. The predicted octanol–water partition coefficient (Wildman–Crippen LogP) is 4.61. The van der Waals surface area contributed by atoms with E-state index in [1.54, 1.807) is 19.2 Å². The molecule has 0 bridgehead atoms. The van der Waals surface area contributed by atoms with E-state index in [2.05, 4.69) is 9.68 Å². The molecule has 1 unspecified atom stereocenters. The molecule has 0 aliphatic rings. The first-order valence-corrected chi connectivity index (χ1v) is 12.3. The van der Waals surface area contributed by atoms with Crippen molar-refractivity contribution in [2.45, 2.75) is 69.7 Å². The van der Waals surface area contributed by atoms with Gasteiger partial charge in [0.2, 0.25) is 0 Å². The van der Waals surface area contributed by atoms with Crippen LogP contribution in [0.1, 0.15) is 75.6 Å². The molecule has 1 atom stereocenters. The van der Waals surface area contributed by atoms with Gasteiger partial charge >= 0.3 is 6.03 Å². The highest BCUT2D eigenvalue weighted by Crippen LogP contribution is 2.34. The molecule has 9 heteroatoms. The summed E-state index contributed by atoms with van der Waals surface area (Å²) in [6, 6.07) is 4.70. The molecule has 1 aromatic carbocycles. The van der Waals surface area contributed by atoms with Crippen molar-refractivity contribution in [1.29, 1.82) is 0 Å². The maximum Gasteiger partial charge on any atom is 0.354 e. The average molecular weight is 453 g/mol. The number of nitrogens with one attached hydrogen (secondary N) is 1. The zero-order chi connectivity index (χ0) is 22.9. The maximum atomic E-state index is 12.9. The van der Waals surface area contributed by atoms with Gasteiger partial charge in [-0.05, 0) is 59.4 Å². The lowest BCUT2D eigenvalue weighted by Crippen LogP contribution is -2.19. The van der Waals surface area contributed by atoms with Crippen LogP contribution >= 0.6 is 11.3 Å². The van der Waals surface area contributed by atoms with Crippen LogP contribution in [0.15, 0.2) is 32.2 Å². The Bertz CT molecular complexity index is 1010. The number of rotatable bonds is 6. The number of urea groups is 1. The number of benzene rings is 1. The number of anilines is 1. The van der Waals surface area contributed by atoms with Gasteiger partial charge in [-0.15, -0.1) is 15.7 Å². The number of nitrogens with zero attached hydrogens (tertiary/aromatic N) is 1. The highest BCUT2D eigenvalue weighted by molar-refractivity contribution is 7.93. The molecule has 2 rings (SSSR count). The van der Waals surface area contributed by atoms with E-state index >= 15 is 0 Å². The summed E-state index contributed by atoms with van der Waals surface area (Å²) in [5.41, 5.74) is 8.83. The SMILES string of the molecule is CC(C)c1cc(CN)cc(C(C)C)c1NC(=O)N=S(N)(=O)c1cc(C(C)(C)O)cs1. The number of hydrogen-bond donors (Lipinski definition) is 4. The lowest BCUT2D eigenvalue weighted by atomic mass is 9.90. The third-order valence-electron chi connectivity index (χ3n) is 4.76. The fourth-order valence-corrected chi connectivity index (χ4v) is 5.29. The molecule has 6 N–H and O–H groups in total. The van der Waals surface area contributed by atoms with Crippen LogP contribution in [0.5, 0.6) is 0 Å². The molecule has 0 aliphatic carbocycles. The lowest BCUT2D eigenvalue weighted by molar-refractivity contribution is 0.0789. The Balaban J connectivity index is 2.46. The molecule has 0 saturated carbocycles. The van der Waals surface area contributed by atoms with E-state index in [-0.39, 0.29) is 16.0 Å². The van der Waals surface area contributed by atoms with Gasteiger partial charge in [0.25, 0.3) is 0 Å². The monoisotopic (exact) mass is 452 g/mol. The summed E-state index contributed by atoms with van der Waals surface area (Å²) in [5, 5.41) is 20.5. The molecule has 2 amide bonds. The summed E-state index contributed by atoms with van der Waals surface area (Å²) in [7, 11) is -3.45. The number of nitrogens with two attached hydrogens (primary N) is 2. The molecule has 1 aromatic heterocycles. The van der Waals surface area contributed by atoms with E-state index in [9.17, 15) is 14.1 Å². The Labute approximate surface area is 183 Å². The van der Waals surface area contributed by atoms with Gasteiger partial charge in [0, 0.05) is 12.2 Å². The van der Waals surface area contributed by atoms with Crippen molar-refractivity contribution >= 4 is 33.0 Å². The maximum absolute atomic E-state index is 12.9. The number of thiophene rings is 1. The molecular weight excluding hydrogens is 420 g/mol. The molecule has 2 aromatic rings. The van der Waals surface area contributed by atoms with Crippen LogP contribution in [0.3, 0.4) is 0 Å². The van der Waals surface area contributed by atoms with Gasteiger partial charge < -0.3 is 16.2 Å². The van der Waals surface area contributed by atoms with Crippen molar-refractivity contribution in [3.63, 3.8) is 0 Å². The van der Waals surface area contributed by atoms with Crippen LogP contribution in [0.4, 0.5) is 10.5 Å². The second kappa shape index (κ2) is 9.15. The minimum atomic E-state index is -3.45. The first-order chi connectivity index (χ1) is 13.8. The first kappa shape index (κ1) is 24.5. The van der Waals surface area contributed by atoms with Gasteiger partial charge in [-0.1, -0.05) is 39.8 Å². The normalized spacial score (nSPS) is 14.1. The van der Waals surface area contributed by atoms with Gasteiger partial charge in [0.1, 0.15) is 4.21 Å². The van der Waals surface area contributed by atoms with Crippen LogP contribution in [-0.2, 0) is 22.1 Å². The van der Waals surface area contributed by atoms with Gasteiger partial charge in [-0.3, -0.25) is 0 Å². The van der Waals surface area contributed by atoms with Crippen LogP contribution in [0.25, 0.3) is 0 Å². The largest absolute Gasteiger partial charge is 0.386 e. The van der Waals surface area contributed by atoms with Crippen LogP contribution in [0.2, 0.25) is 0 Å². The molecule has 0 radical (unpaired) electrons. The summed E-state index contributed by atoms with van der Waals surface area (Å²) in [4.78, 5) is 12.7. The Morgan fingerprint density at radius 1 is 1.20 bits per heavy atom. The van der Waals surface area contributed by atoms with Gasteiger partial charge in [-0.25, -0.2) is 14.1 Å².